The lowest BCUT2D eigenvalue weighted by Gasteiger charge is -2.14. The molecule has 0 aliphatic rings. The minimum absolute atomic E-state index is 0.309. The van der Waals surface area contributed by atoms with Crippen molar-refractivity contribution in [3.8, 4) is 5.75 Å². The lowest BCUT2D eigenvalue weighted by molar-refractivity contribution is -0.171. The van der Waals surface area contributed by atoms with Gasteiger partial charge in [0.15, 0.2) is 5.78 Å². The lowest BCUT2D eigenvalue weighted by atomic mass is 10.1. The van der Waals surface area contributed by atoms with E-state index >= 15 is 0 Å². The number of alkyl halides is 6. The van der Waals surface area contributed by atoms with Crippen LogP contribution in [0.1, 0.15) is 10.4 Å². The van der Waals surface area contributed by atoms with Crippen LogP contribution in [0, 0.1) is 0 Å². The van der Waals surface area contributed by atoms with E-state index in [-0.39, 0.29) is 5.56 Å². The summed E-state index contributed by atoms with van der Waals surface area (Å²) in [6, 6.07) is 4.65. The highest BCUT2D eigenvalue weighted by Crippen LogP contribution is 2.38. The van der Waals surface area contributed by atoms with Crippen LogP contribution in [0.25, 0.3) is 0 Å². The van der Waals surface area contributed by atoms with Gasteiger partial charge in [-0.3, -0.25) is 4.79 Å². The molecule has 1 aromatic rings. The average Bonchev–Trinajstić information content (AvgIpc) is 2.33. The normalized spacial score (nSPS) is 11.9. The number of ether oxygens (including phenoxy) is 1. The van der Waals surface area contributed by atoms with Crippen molar-refractivity contribution in [2.24, 2.45) is 0 Å². The molecule has 0 aliphatic heterocycles. The van der Waals surface area contributed by atoms with E-state index in [1.54, 1.807) is 0 Å². The Morgan fingerprint density at radius 1 is 1.00 bits per heavy atom. The van der Waals surface area contributed by atoms with E-state index in [2.05, 4.69) is 0 Å². The van der Waals surface area contributed by atoms with Crippen molar-refractivity contribution >= 4 is 5.78 Å². The molecule has 0 saturated heterocycles. The molecule has 1 rings (SSSR count). The molecular formula is C12H8F6O2. The van der Waals surface area contributed by atoms with Gasteiger partial charge in [-0.2, -0.15) is 26.3 Å². The molecule has 0 aliphatic carbocycles. The third kappa shape index (κ3) is 4.01. The first-order valence-corrected chi connectivity index (χ1v) is 5.10. The van der Waals surface area contributed by atoms with Crippen LogP contribution in [0.3, 0.4) is 0 Å². The van der Waals surface area contributed by atoms with Crippen LogP contribution in [0.15, 0.2) is 35.9 Å². The fourth-order valence-corrected chi connectivity index (χ4v) is 1.29. The van der Waals surface area contributed by atoms with Crippen LogP contribution >= 0.6 is 0 Å². The third-order valence-corrected chi connectivity index (χ3v) is 2.26. The Morgan fingerprint density at radius 3 is 1.80 bits per heavy atom. The molecule has 0 fully saturated rings. The highest BCUT2D eigenvalue weighted by atomic mass is 19.4. The Kier molecular flexibility index (Phi) is 4.46. The van der Waals surface area contributed by atoms with Crippen LogP contribution in [0.2, 0.25) is 0 Å². The molecule has 0 amide bonds. The standard InChI is InChI=1S/C12H8F6O2/c1-20-8-4-2-7(3-5-8)9(19)6-10(11(13,14)15)12(16,17)18/h2-6H,1H3. The monoisotopic (exact) mass is 298 g/mol. The van der Waals surface area contributed by atoms with Crippen LogP contribution in [0.5, 0.6) is 5.75 Å². The molecule has 20 heavy (non-hydrogen) atoms. The minimum atomic E-state index is -5.65. The summed E-state index contributed by atoms with van der Waals surface area (Å²) in [5.74, 6) is -1.07. The molecule has 0 N–H and O–H groups in total. The van der Waals surface area contributed by atoms with Crippen LogP contribution in [-0.4, -0.2) is 25.2 Å². The third-order valence-electron chi connectivity index (χ3n) is 2.26. The zero-order valence-corrected chi connectivity index (χ0v) is 9.97. The van der Waals surface area contributed by atoms with Gasteiger partial charge in [0.1, 0.15) is 11.3 Å². The van der Waals surface area contributed by atoms with Gasteiger partial charge in [0.05, 0.1) is 7.11 Å². The topological polar surface area (TPSA) is 26.3 Å². The van der Waals surface area contributed by atoms with Gasteiger partial charge in [0.25, 0.3) is 0 Å². The van der Waals surface area contributed by atoms with Gasteiger partial charge < -0.3 is 4.74 Å². The molecular weight excluding hydrogens is 290 g/mol. The molecule has 8 heteroatoms. The van der Waals surface area contributed by atoms with E-state index in [1.165, 1.54) is 19.2 Å². The molecule has 0 saturated carbocycles. The largest absolute Gasteiger partial charge is 0.497 e. The van der Waals surface area contributed by atoms with E-state index in [0.717, 1.165) is 12.1 Å². The molecule has 0 unspecified atom stereocenters. The Labute approximate surface area is 109 Å². The van der Waals surface area contributed by atoms with Crippen molar-refractivity contribution in [3.05, 3.63) is 41.5 Å². The van der Waals surface area contributed by atoms with Gasteiger partial charge >= 0.3 is 12.4 Å². The summed E-state index contributed by atoms with van der Waals surface area (Å²) in [7, 11) is 1.32. The van der Waals surface area contributed by atoms with E-state index in [0.29, 0.717) is 5.75 Å². The number of rotatable bonds is 3. The van der Waals surface area contributed by atoms with Crippen LogP contribution < -0.4 is 4.74 Å². The van der Waals surface area contributed by atoms with Crippen molar-refractivity contribution in [2.75, 3.05) is 7.11 Å². The van der Waals surface area contributed by atoms with Gasteiger partial charge in [-0.25, -0.2) is 0 Å². The number of hydrogen-bond donors (Lipinski definition) is 0. The van der Waals surface area contributed by atoms with E-state index in [4.69, 9.17) is 4.74 Å². The number of benzene rings is 1. The van der Waals surface area contributed by atoms with E-state index < -0.39 is 29.8 Å². The van der Waals surface area contributed by atoms with Gasteiger partial charge in [-0.15, -0.1) is 0 Å². The van der Waals surface area contributed by atoms with Crippen molar-refractivity contribution < 1.29 is 35.9 Å². The lowest BCUT2D eigenvalue weighted by Crippen LogP contribution is -2.27. The zero-order chi connectivity index (χ0) is 15.6. The van der Waals surface area contributed by atoms with Gasteiger partial charge in [-0.1, -0.05) is 0 Å². The second-order valence-corrected chi connectivity index (χ2v) is 3.65. The van der Waals surface area contributed by atoms with Crippen molar-refractivity contribution in [2.45, 2.75) is 12.4 Å². The van der Waals surface area contributed by atoms with Gasteiger partial charge in [-0.05, 0) is 24.3 Å². The first-order valence-electron chi connectivity index (χ1n) is 5.10. The summed E-state index contributed by atoms with van der Waals surface area (Å²) < 4.78 is 78.3. The summed E-state index contributed by atoms with van der Waals surface area (Å²) in [4.78, 5) is 11.4. The smallest absolute Gasteiger partial charge is 0.421 e. The molecule has 0 heterocycles. The minimum Gasteiger partial charge on any atom is -0.497 e. The Hall–Kier alpha value is -1.99. The maximum Gasteiger partial charge on any atom is 0.421 e. The zero-order valence-electron chi connectivity index (χ0n) is 9.97. The number of carbonyl (C=O) groups is 1. The molecule has 0 bridgehead atoms. The van der Waals surface area contributed by atoms with Crippen LogP contribution in [-0.2, 0) is 0 Å². The number of carbonyl (C=O) groups excluding carboxylic acids is 1. The predicted molar refractivity (Wildman–Crippen MR) is 57.5 cm³/mol. The second kappa shape index (κ2) is 5.56. The maximum atomic E-state index is 12.3. The quantitative estimate of drug-likeness (QED) is 0.480. The Balaban J connectivity index is 3.14. The molecule has 110 valence electrons. The summed E-state index contributed by atoms with van der Waals surface area (Å²) >= 11 is 0. The molecule has 0 spiro atoms. The first-order chi connectivity index (χ1) is 9.05. The van der Waals surface area contributed by atoms with Crippen LogP contribution in [0.4, 0.5) is 26.3 Å². The Morgan fingerprint density at radius 2 is 1.45 bits per heavy atom. The maximum absolute atomic E-state index is 12.3. The fourth-order valence-electron chi connectivity index (χ4n) is 1.29. The molecule has 1 aromatic carbocycles. The van der Waals surface area contributed by atoms with E-state index in [9.17, 15) is 31.1 Å². The highest BCUT2D eigenvalue weighted by Gasteiger charge is 2.51. The van der Waals surface area contributed by atoms with Gasteiger partial charge in [0.2, 0.25) is 0 Å². The summed E-state index contributed by atoms with van der Waals surface area (Å²) in [6.45, 7) is 0. The van der Waals surface area contributed by atoms with Gasteiger partial charge in [0, 0.05) is 11.6 Å². The molecule has 0 atom stereocenters. The van der Waals surface area contributed by atoms with Crippen molar-refractivity contribution in [1.29, 1.82) is 0 Å². The summed E-state index contributed by atoms with van der Waals surface area (Å²) in [6.07, 6.45) is -11.8. The number of ketones is 1. The van der Waals surface area contributed by atoms with Crippen molar-refractivity contribution in [3.63, 3.8) is 0 Å². The Bertz CT molecular complexity index is 494. The van der Waals surface area contributed by atoms with Crippen molar-refractivity contribution in [1.82, 2.24) is 0 Å². The molecule has 0 aromatic heterocycles. The fraction of sp³-hybridized carbons (Fsp3) is 0.250. The second-order valence-electron chi connectivity index (χ2n) is 3.65. The predicted octanol–water partition coefficient (Wildman–Crippen LogP) is 3.93. The number of allylic oxidation sites excluding steroid dienone is 2. The molecule has 0 radical (unpaired) electrons. The molecule has 2 nitrogen and oxygen atoms in total. The number of halogens is 6. The number of methoxy groups -OCH3 is 1. The number of hydrogen-bond acceptors (Lipinski definition) is 2. The average molecular weight is 298 g/mol. The first kappa shape index (κ1) is 16.1. The summed E-state index contributed by atoms with van der Waals surface area (Å²) in [5, 5.41) is 0. The summed E-state index contributed by atoms with van der Waals surface area (Å²) in [5.41, 5.74) is -3.15. The van der Waals surface area contributed by atoms with E-state index in [1.807, 2.05) is 0 Å². The highest BCUT2D eigenvalue weighted by molar-refractivity contribution is 6.05. The SMILES string of the molecule is COc1ccc(C(=O)C=C(C(F)(F)F)C(F)(F)F)cc1.